The molecular formula is C20H36N2O2. The Labute approximate surface area is 148 Å². The predicted octanol–water partition coefficient (Wildman–Crippen LogP) is 3.35. The monoisotopic (exact) mass is 336 g/mol. The van der Waals surface area contributed by atoms with E-state index in [0.717, 1.165) is 58.3 Å². The third-order valence-electron chi connectivity index (χ3n) is 5.79. The smallest absolute Gasteiger partial charge is 0.222 e. The Morgan fingerprint density at radius 3 is 2.00 bits per heavy atom. The van der Waals surface area contributed by atoms with Gasteiger partial charge < -0.3 is 4.90 Å². The minimum absolute atomic E-state index is 0.173. The fourth-order valence-corrected chi connectivity index (χ4v) is 4.10. The van der Waals surface area contributed by atoms with E-state index in [-0.39, 0.29) is 5.92 Å². The summed E-state index contributed by atoms with van der Waals surface area (Å²) in [7, 11) is 0. The molecule has 0 spiro atoms. The molecule has 0 bridgehead atoms. The van der Waals surface area contributed by atoms with E-state index < -0.39 is 0 Å². The molecule has 4 heteroatoms. The van der Waals surface area contributed by atoms with Crippen molar-refractivity contribution >= 4 is 11.7 Å². The number of hydrogen-bond acceptors (Lipinski definition) is 3. The molecular weight excluding hydrogens is 300 g/mol. The van der Waals surface area contributed by atoms with Gasteiger partial charge in [0, 0.05) is 50.5 Å². The van der Waals surface area contributed by atoms with Gasteiger partial charge in [-0.1, -0.05) is 27.7 Å². The second kappa shape index (κ2) is 8.98. The van der Waals surface area contributed by atoms with Crippen molar-refractivity contribution in [2.45, 2.75) is 72.3 Å². The van der Waals surface area contributed by atoms with Crippen LogP contribution in [0.25, 0.3) is 0 Å². The summed E-state index contributed by atoms with van der Waals surface area (Å²) in [4.78, 5) is 29.0. The summed E-state index contributed by atoms with van der Waals surface area (Å²) >= 11 is 0. The fourth-order valence-electron chi connectivity index (χ4n) is 4.10. The van der Waals surface area contributed by atoms with Gasteiger partial charge in [0.05, 0.1) is 0 Å². The fraction of sp³-hybridized carbons (Fsp3) is 0.900. The number of piperazine rings is 1. The molecule has 4 nitrogen and oxygen atoms in total. The number of ketones is 1. The molecule has 24 heavy (non-hydrogen) atoms. The van der Waals surface area contributed by atoms with Crippen molar-refractivity contribution < 1.29 is 9.59 Å². The Morgan fingerprint density at radius 1 is 0.917 bits per heavy atom. The summed E-state index contributed by atoms with van der Waals surface area (Å²) < 4.78 is 0. The largest absolute Gasteiger partial charge is 0.340 e. The highest BCUT2D eigenvalue weighted by molar-refractivity contribution is 5.82. The van der Waals surface area contributed by atoms with Gasteiger partial charge in [-0.3, -0.25) is 14.5 Å². The van der Waals surface area contributed by atoms with Crippen molar-refractivity contribution in [1.29, 1.82) is 0 Å². The summed E-state index contributed by atoms with van der Waals surface area (Å²) in [5.41, 5.74) is 0. The summed E-state index contributed by atoms with van der Waals surface area (Å²) in [6.07, 6.45) is 6.08. The molecule has 0 atom stereocenters. The van der Waals surface area contributed by atoms with Crippen LogP contribution in [0.5, 0.6) is 0 Å². The highest BCUT2D eigenvalue weighted by Gasteiger charge is 2.32. The molecule has 138 valence electrons. The average molecular weight is 337 g/mol. The third kappa shape index (κ3) is 5.30. The van der Waals surface area contributed by atoms with Crippen LogP contribution in [0.4, 0.5) is 0 Å². The molecule has 0 aromatic rings. The van der Waals surface area contributed by atoms with Crippen molar-refractivity contribution in [3.63, 3.8) is 0 Å². The van der Waals surface area contributed by atoms with Gasteiger partial charge in [0.1, 0.15) is 5.78 Å². The quantitative estimate of drug-likeness (QED) is 0.747. The van der Waals surface area contributed by atoms with Crippen molar-refractivity contribution in [3.8, 4) is 0 Å². The van der Waals surface area contributed by atoms with E-state index in [4.69, 9.17) is 0 Å². The zero-order chi connectivity index (χ0) is 17.7. The van der Waals surface area contributed by atoms with Crippen molar-refractivity contribution in [2.75, 3.05) is 26.2 Å². The molecule has 2 fully saturated rings. The van der Waals surface area contributed by atoms with Crippen LogP contribution in [-0.4, -0.2) is 53.7 Å². The lowest BCUT2D eigenvalue weighted by Crippen LogP contribution is -2.52. The van der Waals surface area contributed by atoms with E-state index in [1.54, 1.807) is 0 Å². The van der Waals surface area contributed by atoms with Gasteiger partial charge >= 0.3 is 0 Å². The van der Waals surface area contributed by atoms with Crippen LogP contribution in [0, 0.1) is 17.8 Å². The molecule has 1 saturated heterocycles. The Morgan fingerprint density at radius 2 is 1.50 bits per heavy atom. The summed E-state index contributed by atoms with van der Waals surface area (Å²) in [5.74, 6) is 1.84. The number of amides is 1. The molecule has 1 heterocycles. The summed E-state index contributed by atoms with van der Waals surface area (Å²) in [6, 6.07) is 0.620. The Bertz CT molecular complexity index is 417. The molecule has 1 aliphatic heterocycles. The van der Waals surface area contributed by atoms with Gasteiger partial charge in [-0.15, -0.1) is 0 Å². The standard InChI is InChI=1S/C20H36N2O2/c1-15(2)5-10-19(23)22-13-11-21(12-14-22)18-8-6-17(7-9-18)20(24)16(3)4/h15-18H,5-14H2,1-4H3/t17-,18+. The molecule has 1 aliphatic carbocycles. The zero-order valence-corrected chi connectivity index (χ0v) is 16.1. The maximum atomic E-state index is 12.2. The second-order valence-electron chi connectivity index (χ2n) is 8.41. The number of hydrogen-bond donors (Lipinski definition) is 0. The number of nitrogens with zero attached hydrogens (tertiary/aromatic N) is 2. The Balaban J connectivity index is 1.72. The third-order valence-corrected chi connectivity index (χ3v) is 5.79. The van der Waals surface area contributed by atoms with Crippen LogP contribution in [-0.2, 0) is 9.59 Å². The van der Waals surface area contributed by atoms with Gasteiger partial charge in [0.2, 0.25) is 5.91 Å². The summed E-state index contributed by atoms with van der Waals surface area (Å²) in [6.45, 7) is 12.1. The van der Waals surface area contributed by atoms with E-state index in [1.807, 2.05) is 18.7 Å². The zero-order valence-electron chi connectivity index (χ0n) is 16.1. The number of carbonyl (C=O) groups excluding carboxylic acids is 2. The number of Topliss-reactive ketones (excluding diaryl/α,β-unsaturated/α-hetero) is 1. The predicted molar refractivity (Wildman–Crippen MR) is 97.8 cm³/mol. The van der Waals surface area contributed by atoms with Crippen LogP contribution in [0.2, 0.25) is 0 Å². The van der Waals surface area contributed by atoms with Crippen molar-refractivity contribution in [3.05, 3.63) is 0 Å². The van der Waals surface area contributed by atoms with Crippen molar-refractivity contribution in [2.24, 2.45) is 17.8 Å². The average Bonchev–Trinajstić information content (AvgIpc) is 2.59. The van der Waals surface area contributed by atoms with E-state index in [2.05, 4.69) is 18.7 Å². The SMILES string of the molecule is CC(C)CCC(=O)N1CCN([C@H]2CC[C@@H](C(=O)C(C)C)CC2)CC1. The first-order valence-corrected chi connectivity index (χ1v) is 9.94. The molecule has 2 aliphatic rings. The lowest BCUT2D eigenvalue weighted by molar-refractivity contribution is -0.134. The highest BCUT2D eigenvalue weighted by Crippen LogP contribution is 2.30. The van der Waals surface area contributed by atoms with Gasteiger partial charge in [0.25, 0.3) is 0 Å². The first-order valence-electron chi connectivity index (χ1n) is 9.94. The van der Waals surface area contributed by atoms with Crippen LogP contribution in [0.1, 0.15) is 66.2 Å². The molecule has 1 saturated carbocycles. The number of carbonyl (C=O) groups is 2. The van der Waals surface area contributed by atoms with Crippen LogP contribution >= 0.6 is 0 Å². The van der Waals surface area contributed by atoms with E-state index in [1.165, 1.54) is 0 Å². The van der Waals surface area contributed by atoms with Crippen LogP contribution < -0.4 is 0 Å². The van der Waals surface area contributed by atoms with Gasteiger partial charge in [-0.05, 0) is 38.0 Å². The van der Waals surface area contributed by atoms with Gasteiger partial charge in [0.15, 0.2) is 0 Å². The molecule has 0 aromatic heterocycles. The van der Waals surface area contributed by atoms with Gasteiger partial charge in [-0.2, -0.15) is 0 Å². The second-order valence-corrected chi connectivity index (χ2v) is 8.41. The van der Waals surface area contributed by atoms with Gasteiger partial charge in [-0.25, -0.2) is 0 Å². The Kier molecular flexibility index (Phi) is 7.27. The lowest BCUT2D eigenvalue weighted by Gasteiger charge is -2.42. The van der Waals surface area contributed by atoms with Crippen molar-refractivity contribution in [1.82, 2.24) is 9.80 Å². The first-order chi connectivity index (χ1) is 11.4. The minimum Gasteiger partial charge on any atom is -0.340 e. The van der Waals surface area contributed by atoms with Crippen LogP contribution in [0.15, 0.2) is 0 Å². The topological polar surface area (TPSA) is 40.6 Å². The molecule has 0 aromatic carbocycles. The van der Waals surface area contributed by atoms with Crippen LogP contribution in [0.3, 0.4) is 0 Å². The lowest BCUT2D eigenvalue weighted by atomic mass is 9.80. The molecule has 0 unspecified atom stereocenters. The molecule has 2 rings (SSSR count). The molecule has 0 radical (unpaired) electrons. The van der Waals surface area contributed by atoms with E-state index in [0.29, 0.717) is 36.0 Å². The minimum atomic E-state index is 0.173. The normalized spacial score (nSPS) is 26.2. The van der Waals surface area contributed by atoms with E-state index >= 15 is 0 Å². The summed E-state index contributed by atoms with van der Waals surface area (Å²) in [5, 5.41) is 0. The highest BCUT2D eigenvalue weighted by atomic mass is 16.2. The molecule has 1 amide bonds. The first kappa shape index (κ1) is 19.4. The van der Waals surface area contributed by atoms with E-state index in [9.17, 15) is 9.59 Å². The maximum absolute atomic E-state index is 12.2. The Hall–Kier alpha value is -0.900. The number of rotatable bonds is 6. The molecule has 0 N–H and O–H groups in total. The maximum Gasteiger partial charge on any atom is 0.222 e.